The molecule has 0 spiro atoms. The topological polar surface area (TPSA) is 89.5 Å². The quantitative estimate of drug-likeness (QED) is 0.730. The van der Waals surface area contributed by atoms with Crippen LogP contribution in [-0.4, -0.2) is 61.1 Å². The first-order chi connectivity index (χ1) is 9.43. The Morgan fingerprint density at radius 1 is 1.50 bits per heavy atom. The van der Waals surface area contributed by atoms with Crippen LogP contribution in [0.4, 0.5) is 5.82 Å². The molecule has 110 valence electrons. The number of aromatic nitrogens is 2. The summed E-state index contributed by atoms with van der Waals surface area (Å²) in [4.78, 5) is 21.2. The van der Waals surface area contributed by atoms with E-state index in [0.29, 0.717) is 18.1 Å². The number of anilines is 1. The van der Waals surface area contributed by atoms with Crippen LogP contribution in [0.1, 0.15) is 10.5 Å². The van der Waals surface area contributed by atoms with Crippen LogP contribution < -0.4 is 4.90 Å². The first kappa shape index (κ1) is 15.0. The zero-order valence-corrected chi connectivity index (χ0v) is 12.8. The number of esters is 1. The van der Waals surface area contributed by atoms with Gasteiger partial charge in [-0.1, -0.05) is 0 Å². The van der Waals surface area contributed by atoms with Crippen molar-refractivity contribution < 1.29 is 17.9 Å². The molecule has 20 heavy (non-hydrogen) atoms. The zero-order chi connectivity index (χ0) is 14.8. The summed E-state index contributed by atoms with van der Waals surface area (Å²) in [7, 11) is -1.98. The number of thioether (sulfide) groups is 1. The Kier molecular flexibility index (Phi) is 4.48. The highest BCUT2D eigenvalue weighted by molar-refractivity contribution is 8.01. The molecule has 1 aromatic rings. The second-order valence-electron chi connectivity index (χ2n) is 4.31. The van der Waals surface area contributed by atoms with Crippen molar-refractivity contribution in [1.29, 1.82) is 0 Å². The number of carbonyl (C=O) groups is 1. The molecule has 1 saturated heterocycles. The van der Waals surface area contributed by atoms with E-state index < -0.39 is 21.2 Å². The third kappa shape index (κ3) is 3.21. The van der Waals surface area contributed by atoms with Crippen LogP contribution in [0.25, 0.3) is 0 Å². The van der Waals surface area contributed by atoms with Crippen molar-refractivity contribution >= 4 is 33.4 Å². The van der Waals surface area contributed by atoms with E-state index >= 15 is 0 Å². The van der Waals surface area contributed by atoms with Crippen molar-refractivity contribution in [2.75, 3.05) is 36.3 Å². The molecule has 0 amide bonds. The highest BCUT2D eigenvalue weighted by atomic mass is 32.2. The molecular weight excluding hydrogens is 302 g/mol. The van der Waals surface area contributed by atoms with Crippen molar-refractivity contribution in [3.05, 3.63) is 18.1 Å². The lowest BCUT2D eigenvalue weighted by Gasteiger charge is -2.34. The Morgan fingerprint density at radius 3 is 2.90 bits per heavy atom. The first-order valence-corrected chi connectivity index (χ1v) is 8.98. The van der Waals surface area contributed by atoms with Crippen LogP contribution >= 0.6 is 11.8 Å². The van der Waals surface area contributed by atoms with Gasteiger partial charge in [0.1, 0.15) is 11.2 Å². The van der Waals surface area contributed by atoms with Crippen molar-refractivity contribution in [3.8, 4) is 0 Å². The van der Waals surface area contributed by atoms with Gasteiger partial charge in [0.25, 0.3) is 0 Å². The number of hydrogen-bond donors (Lipinski definition) is 0. The van der Waals surface area contributed by atoms with Gasteiger partial charge in [-0.3, -0.25) is 4.98 Å². The van der Waals surface area contributed by atoms with Gasteiger partial charge in [0.2, 0.25) is 0 Å². The van der Waals surface area contributed by atoms with Crippen LogP contribution in [0.3, 0.4) is 0 Å². The van der Waals surface area contributed by atoms with Gasteiger partial charge in [-0.2, -0.15) is 11.8 Å². The monoisotopic (exact) mass is 317 g/mol. The molecule has 2 rings (SSSR count). The first-order valence-electron chi connectivity index (χ1n) is 5.87. The molecular formula is C11H15N3O4S2. The molecule has 1 aliphatic heterocycles. The van der Waals surface area contributed by atoms with Gasteiger partial charge < -0.3 is 9.64 Å². The van der Waals surface area contributed by atoms with Crippen LogP contribution in [0.5, 0.6) is 0 Å². The molecule has 7 nitrogen and oxygen atoms in total. The van der Waals surface area contributed by atoms with Crippen molar-refractivity contribution in [3.63, 3.8) is 0 Å². The molecule has 0 aliphatic carbocycles. The Morgan fingerprint density at radius 2 is 2.25 bits per heavy atom. The average Bonchev–Trinajstić information content (AvgIpc) is 2.45. The number of sulfone groups is 1. The van der Waals surface area contributed by atoms with Crippen molar-refractivity contribution in [2.24, 2.45) is 0 Å². The molecule has 0 aromatic carbocycles. The highest BCUT2D eigenvalue weighted by Gasteiger charge is 2.32. The summed E-state index contributed by atoms with van der Waals surface area (Å²) >= 11 is 1.58. The molecule has 0 saturated carbocycles. The fourth-order valence-corrected chi connectivity index (χ4v) is 4.72. The summed E-state index contributed by atoms with van der Waals surface area (Å²) in [6.07, 6.45) is 3.96. The Hall–Kier alpha value is -1.35. The van der Waals surface area contributed by atoms with E-state index in [4.69, 9.17) is 0 Å². The lowest BCUT2D eigenvalue weighted by Crippen LogP contribution is -2.47. The number of methoxy groups -OCH3 is 1. The Labute approximate surface area is 121 Å². The molecule has 1 aromatic heterocycles. The second kappa shape index (κ2) is 5.96. The summed E-state index contributed by atoms with van der Waals surface area (Å²) in [5.41, 5.74) is 0.0653. The van der Waals surface area contributed by atoms with E-state index in [0.717, 1.165) is 5.75 Å². The van der Waals surface area contributed by atoms with E-state index in [1.54, 1.807) is 16.7 Å². The van der Waals surface area contributed by atoms with Gasteiger partial charge in [0.15, 0.2) is 15.5 Å². The summed E-state index contributed by atoms with van der Waals surface area (Å²) in [6.45, 7) is 0.543. The molecule has 0 radical (unpaired) electrons. The maximum absolute atomic E-state index is 11.9. The molecule has 9 heteroatoms. The number of rotatable bonds is 3. The van der Waals surface area contributed by atoms with Crippen LogP contribution in [-0.2, 0) is 14.6 Å². The summed E-state index contributed by atoms with van der Waals surface area (Å²) in [6, 6.07) is 0. The minimum absolute atomic E-state index is 0.0653. The van der Waals surface area contributed by atoms with Gasteiger partial charge in [0, 0.05) is 24.3 Å². The predicted molar refractivity (Wildman–Crippen MR) is 76.7 cm³/mol. The van der Waals surface area contributed by atoms with E-state index in [2.05, 4.69) is 14.7 Å². The molecule has 2 heterocycles. The minimum Gasteiger partial charge on any atom is -0.464 e. The van der Waals surface area contributed by atoms with Crippen molar-refractivity contribution in [2.45, 2.75) is 5.37 Å². The lowest BCUT2D eigenvalue weighted by atomic mass is 10.4. The third-order valence-corrected chi connectivity index (χ3v) is 5.53. The zero-order valence-electron chi connectivity index (χ0n) is 11.1. The highest BCUT2D eigenvalue weighted by Crippen LogP contribution is 2.25. The number of carbonyl (C=O) groups excluding carboxylic acids is 1. The van der Waals surface area contributed by atoms with Gasteiger partial charge in [-0.15, -0.1) is 0 Å². The molecule has 0 N–H and O–H groups in total. The Bertz CT molecular complexity index is 605. The summed E-state index contributed by atoms with van der Waals surface area (Å²) in [5.74, 6) is 1.06. The number of ether oxygens (including phenoxy) is 1. The van der Waals surface area contributed by atoms with Crippen LogP contribution in [0.2, 0.25) is 0 Å². The minimum atomic E-state index is -3.24. The summed E-state index contributed by atoms with van der Waals surface area (Å²) in [5, 5.41) is -0.650. The molecule has 1 unspecified atom stereocenters. The fraction of sp³-hybridized carbons (Fsp3) is 0.545. The van der Waals surface area contributed by atoms with Crippen LogP contribution in [0, 0.1) is 0 Å². The molecule has 1 atom stereocenters. The van der Waals surface area contributed by atoms with Gasteiger partial charge in [-0.05, 0) is 0 Å². The van der Waals surface area contributed by atoms with Gasteiger partial charge in [-0.25, -0.2) is 18.2 Å². The standard InChI is InChI=1S/C11H15N3O4S2/c1-18-11(15)8-5-12-6-9(13-8)14-3-4-19-7-10(14)20(2,16)17/h5-6,10H,3-4,7H2,1-2H3. The van der Waals surface area contributed by atoms with Crippen molar-refractivity contribution in [1.82, 2.24) is 9.97 Å². The molecule has 1 aliphatic rings. The third-order valence-electron chi connectivity index (χ3n) is 2.89. The largest absolute Gasteiger partial charge is 0.464 e. The van der Waals surface area contributed by atoms with E-state index in [1.807, 2.05) is 0 Å². The van der Waals surface area contributed by atoms with Crippen LogP contribution in [0.15, 0.2) is 12.4 Å². The number of nitrogens with zero attached hydrogens (tertiary/aromatic N) is 3. The van der Waals surface area contributed by atoms with Gasteiger partial charge >= 0.3 is 5.97 Å². The predicted octanol–water partition coefficient (Wildman–Crippen LogP) is 0.187. The number of hydrogen-bond acceptors (Lipinski definition) is 8. The maximum Gasteiger partial charge on any atom is 0.358 e. The van der Waals surface area contributed by atoms with E-state index in [9.17, 15) is 13.2 Å². The smallest absolute Gasteiger partial charge is 0.358 e. The SMILES string of the molecule is COC(=O)c1cncc(N2CCSCC2S(C)(=O)=O)n1. The van der Waals surface area contributed by atoms with E-state index in [-0.39, 0.29) is 5.69 Å². The molecule has 0 bridgehead atoms. The van der Waals surface area contributed by atoms with E-state index in [1.165, 1.54) is 25.8 Å². The second-order valence-corrected chi connectivity index (χ2v) is 7.66. The Balaban J connectivity index is 2.35. The van der Waals surface area contributed by atoms with Gasteiger partial charge in [0.05, 0.1) is 19.5 Å². The lowest BCUT2D eigenvalue weighted by molar-refractivity contribution is 0.0593. The molecule has 1 fully saturated rings. The summed E-state index contributed by atoms with van der Waals surface area (Å²) < 4.78 is 28.3. The normalized spacial score (nSPS) is 19.7. The fourth-order valence-electron chi connectivity index (χ4n) is 1.89. The maximum atomic E-state index is 11.9. The average molecular weight is 317 g/mol.